The molecule has 2 rings (SSSR count). The second kappa shape index (κ2) is 5.68. The Morgan fingerprint density at radius 1 is 1.42 bits per heavy atom. The van der Waals surface area contributed by atoms with Crippen LogP contribution in [0, 0.1) is 0 Å². The third-order valence-corrected chi connectivity index (χ3v) is 3.12. The molecule has 7 heteroatoms. The van der Waals surface area contributed by atoms with Gasteiger partial charge in [0.2, 0.25) is 0 Å². The number of rotatable bonds is 4. The minimum Gasteiger partial charge on any atom is -0.458 e. The summed E-state index contributed by atoms with van der Waals surface area (Å²) in [7, 11) is 0. The maximum atomic E-state index is 10.9. The summed E-state index contributed by atoms with van der Waals surface area (Å²) in [6.45, 7) is -0.141. The van der Waals surface area contributed by atoms with Gasteiger partial charge in [0, 0.05) is 10.9 Å². The topological polar surface area (TPSA) is 106 Å². The van der Waals surface area contributed by atoms with Crippen molar-refractivity contribution in [1.82, 2.24) is 5.32 Å². The lowest BCUT2D eigenvalue weighted by atomic mass is 10.2. The fourth-order valence-corrected chi connectivity index (χ4v) is 2.11. The van der Waals surface area contributed by atoms with E-state index in [-0.39, 0.29) is 6.54 Å². The number of thiophene rings is 1. The zero-order chi connectivity index (χ0) is 13.8. The number of nitrogens with two attached hydrogens (primary N) is 1. The minimum absolute atomic E-state index is 0.141. The Hall–Kier alpha value is -2.12. The van der Waals surface area contributed by atoms with Crippen molar-refractivity contribution >= 4 is 23.2 Å². The van der Waals surface area contributed by atoms with Crippen molar-refractivity contribution in [2.45, 2.75) is 6.10 Å². The molecule has 0 saturated carbocycles. The number of aliphatic hydroxyl groups is 1. The SMILES string of the molecule is NC(=O)C(=O)NCC(O)c1ccc(-c2ccsc2)o1. The van der Waals surface area contributed by atoms with E-state index < -0.39 is 17.9 Å². The first-order valence-corrected chi connectivity index (χ1v) is 6.40. The average molecular weight is 280 g/mol. The third-order valence-electron chi connectivity index (χ3n) is 2.44. The van der Waals surface area contributed by atoms with Gasteiger partial charge in [-0.3, -0.25) is 9.59 Å². The first-order chi connectivity index (χ1) is 9.08. The van der Waals surface area contributed by atoms with Gasteiger partial charge >= 0.3 is 11.8 Å². The molecule has 100 valence electrons. The fraction of sp³-hybridized carbons (Fsp3) is 0.167. The smallest absolute Gasteiger partial charge is 0.309 e. The highest BCUT2D eigenvalue weighted by Gasteiger charge is 2.16. The average Bonchev–Trinajstić information content (AvgIpc) is 3.04. The van der Waals surface area contributed by atoms with Crippen LogP contribution in [-0.4, -0.2) is 23.5 Å². The van der Waals surface area contributed by atoms with Crippen molar-refractivity contribution in [2.24, 2.45) is 5.73 Å². The van der Waals surface area contributed by atoms with Crippen LogP contribution in [0.3, 0.4) is 0 Å². The van der Waals surface area contributed by atoms with Crippen molar-refractivity contribution < 1.29 is 19.1 Å². The van der Waals surface area contributed by atoms with E-state index in [1.165, 1.54) is 11.3 Å². The van der Waals surface area contributed by atoms with E-state index >= 15 is 0 Å². The van der Waals surface area contributed by atoms with E-state index in [0.29, 0.717) is 11.5 Å². The monoisotopic (exact) mass is 280 g/mol. The predicted octanol–water partition coefficient (Wildman–Crippen LogP) is 0.643. The number of primary amides is 1. The Labute approximate surface area is 112 Å². The minimum atomic E-state index is -1.09. The molecule has 1 atom stereocenters. The number of nitrogens with one attached hydrogen (secondary N) is 1. The van der Waals surface area contributed by atoms with E-state index in [0.717, 1.165) is 5.56 Å². The van der Waals surface area contributed by atoms with Crippen LogP contribution in [0.4, 0.5) is 0 Å². The van der Waals surface area contributed by atoms with Crippen molar-refractivity contribution in [3.05, 3.63) is 34.7 Å². The maximum Gasteiger partial charge on any atom is 0.309 e. The summed E-state index contributed by atoms with van der Waals surface area (Å²) in [6.07, 6.45) is -1.03. The summed E-state index contributed by atoms with van der Waals surface area (Å²) in [5, 5.41) is 15.8. The lowest BCUT2D eigenvalue weighted by molar-refractivity contribution is -0.137. The summed E-state index contributed by atoms with van der Waals surface area (Å²) in [4.78, 5) is 21.5. The molecule has 0 aliphatic heterocycles. The molecule has 0 saturated heterocycles. The Bertz CT molecular complexity index is 576. The zero-order valence-electron chi connectivity index (χ0n) is 9.83. The third kappa shape index (κ3) is 3.21. The van der Waals surface area contributed by atoms with Gasteiger partial charge in [-0.15, -0.1) is 0 Å². The molecule has 1 unspecified atom stereocenters. The number of aliphatic hydroxyl groups excluding tert-OH is 1. The molecule has 19 heavy (non-hydrogen) atoms. The van der Waals surface area contributed by atoms with E-state index in [2.05, 4.69) is 5.32 Å². The number of furan rings is 1. The van der Waals surface area contributed by atoms with Crippen molar-refractivity contribution in [3.8, 4) is 11.3 Å². The van der Waals surface area contributed by atoms with Crippen molar-refractivity contribution in [3.63, 3.8) is 0 Å². The highest BCUT2D eigenvalue weighted by atomic mass is 32.1. The number of amides is 2. The first kappa shape index (κ1) is 13.3. The highest BCUT2D eigenvalue weighted by molar-refractivity contribution is 7.08. The predicted molar refractivity (Wildman–Crippen MR) is 69.2 cm³/mol. The van der Waals surface area contributed by atoms with Gasteiger partial charge in [-0.25, -0.2) is 0 Å². The Balaban J connectivity index is 1.98. The summed E-state index contributed by atoms with van der Waals surface area (Å²) in [5.74, 6) is -1.09. The van der Waals surface area contributed by atoms with Crippen LogP contribution in [0.25, 0.3) is 11.3 Å². The van der Waals surface area contributed by atoms with Crippen LogP contribution in [-0.2, 0) is 9.59 Å². The molecule has 0 aliphatic carbocycles. The Morgan fingerprint density at radius 2 is 2.21 bits per heavy atom. The van der Waals surface area contributed by atoms with Gasteiger partial charge in [0.15, 0.2) is 0 Å². The van der Waals surface area contributed by atoms with Crippen LogP contribution in [0.1, 0.15) is 11.9 Å². The summed E-state index contributed by atoms with van der Waals surface area (Å²) < 4.78 is 5.47. The Morgan fingerprint density at radius 3 is 2.84 bits per heavy atom. The molecule has 0 bridgehead atoms. The van der Waals surface area contributed by atoms with Gasteiger partial charge in [0.1, 0.15) is 17.6 Å². The first-order valence-electron chi connectivity index (χ1n) is 5.46. The molecule has 0 spiro atoms. The number of carbonyl (C=O) groups is 2. The van der Waals surface area contributed by atoms with Gasteiger partial charge < -0.3 is 20.6 Å². The summed E-state index contributed by atoms with van der Waals surface area (Å²) >= 11 is 1.54. The van der Waals surface area contributed by atoms with Crippen molar-refractivity contribution in [1.29, 1.82) is 0 Å². The number of hydrogen-bond acceptors (Lipinski definition) is 5. The molecule has 2 aromatic heterocycles. The number of hydrogen-bond donors (Lipinski definition) is 3. The van der Waals surface area contributed by atoms with Crippen LogP contribution in [0.15, 0.2) is 33.4 Å². The largest absolute Gasteiger partial charge is 0.458 e. The van der Waals surface area contributed by atoms with Gasteiger partial charge in [-0.05, 0) is 23.6 Å². The molecule has 2 aromatic rings. The second-order valence-corrected chi connectivity index (χ2v) is 4.58. The van der Waals surface area contributed by atoms with Crippen LogP contribution >= 0.6 is 11.3 Å². The van der Waals surface area contributed by atoms with Gasteiger partial charge in [0.05, 0.1) is 6.54 Å². The van der Waals surface area contributed by atoms with Crippen LogP contribution in [0.5, 0.6) is 0 Å². The molecule has 0 fully saturated rings. The lowest BCUT2D eigenvalue weighted by Gasteiger charge is -2.08. The van der Waals surface area contributed by atoms with E-state index in [1.54, 1.807) is 12.1 Å². The van der Waals surface area contributed by atoms with Crippen molar-refractivity contribution in [2.75, 3.05) is 6.54 Å². The van der Waals surface area contributed by atoms with Gasteiger partial charge in [-0.1, -0.05) is 0 Å². The maximum absolute atomic E-state index is 10.9. The molecular formula is C12H12N2O4S. The lowest BCUT2D eigenvalue weighted by Crippen LogP contribution is -2.38. The van der Waals surface area contributed by atoms with Crippen LogP contribution < -0.4 is 11.1 Å². The summed E-state index contributed by atoms with van der Waals surface area (Å²) in [5.41, 5.74) is 5.70. The Kier molecular flexibility index (Phi) is 3.98. The van der Waals surface area contributed by atoms with Crippen LogP contribution in [0.2, 0.25) is 0 Å². The molecule has 2 heterocycles. The van der Waals surface area contributed by atoms with E-state index in [9.17, 15) is 14.7 Å². The molecule has 6 nitrogen and oxygen atoms in total. The van der Waals surface area contributed by atoms with E-state index in [1.807, 2.05) is 16.8 Å². The van der Waals surface area contributed by atoms with Gasteiger partial charge in [-0.2, -0.15) is 11.3 Å². The molecule has 0 radical (unpaired) electrons. The standard InChI is InChI=1S/C12H12N2O4S/c13-11(16)12(17)14-5-8(15)10-2-1-9(18-10)7-3-4-19-6-7/h1-4,6,8,15H,5H2,(H2,13,16)(H,14,17). The number of carbonyl (C=O) groups excluding carboxylic acids is 2. The summed E-state index contributed by atoms with van der Waals surface area (Å²) in [6, 6.07) is 5.25. The fourth-order valence-electron chi connectivity index (χ4n) is 1.47. The zero-order valence-corrected chi connectivity index (χ0v) is 10.6. The molecule has 0 aliphatic rings. The highest BCUT2D eigenvalue weighted by Crippen LogP contribution is 2.26. The second-order valence-electron chi connectivity index (χ2n) is 3.80. The molecule has 0 aromatic carbocycles. The van der Waals surface area contributed by atoms with E-state index in [4.69, 9.17) is 10.2 Å². The molecule has 4 N–H and O–H groups in total. The quantitative estimate of drug-likeness (QED) is 0.715. The molecular weight excluding hydrogens is 268 g/mol. The van der Waals surface area contributed by atoms with Gasteiger partial charge in [0.25, 0.3) is 0 Å². The molecule has 2 amide bonds. The normalized spacial score (nSPS) is 12.1.